The maximum absolute atomic E-state index is 13.4. The zero-order chi connectivity index (χ0) is 21.6. The molecule has 1 fully saturated rings. The van der Waals surface area contributed by atoms with Crippen LogP contribution in [0.5, 0.6) is 0 Å². The molecule has 8 nitrogen and oxygen atoms in total. The number of nitrogens with zero attached hydrogens (tertiary/aromatic N) is 5. The Morgan fingerprint density at radius 1 is 1.38 bits per heavy atom. The van der Waals surface area contributed by atoms with E-state index >= 15 is 0 Å². The molecule has 0 aliphatic carbocycles. The van der Waals surface area contributed by atoms with Crippen LogP contribution >= 0.6 is 11.6 Å². The molecule has 0 spiro atoms. The summed E-state index contributed by atoms with van der Waals surface area (Å²) in [6, 6.07) is -1.24. The van der Waals surface area contributed by atoms with Crippen molar-refractivity contribution in [3.8, 4) is 0 Å². The monoisotopic (exact) mass is 454 g/mol. The Balaban J connectivity index is 1.86. The molecule has 3 heterocycles. The fourth-order valence-corrected chi connectivity index (χ4v) is 5.46. The molecule has 1 aliphatic rings. The van der Waals surface area contributed by atoms with Gasteiger partial charge >= 0.3 is 6.18 Å². The van der Waals surface area contributed by atoms with Gasteiger partial charge in [0.15, 0.2) is 5.82 Å². The van der Waals surface area contributed by atoms with Crippen molar-refractivity contribution in [3.05, 3.63) is 23.1 Å². The molecule has 3 rings (SSSR count). The van der Waals surface area contributed by atoms with Crippen molar-refractivity contribution in [2.75, 3.05) is 18.0 Å². The van der Waals surface area contributed by atoms with Crippen molar-refractivity contribution in [3.63, 3.8) is 0 Å². The Kier molecular flexibility index (Phi) is 6.01. The maximum atomic E-state index is 13.4. The average Bonchev–Trinajstić information content (AvgIpc) is 2.92. The molecule has 0 bridgehead atoms. The topological polar surface area (TPSA) is 96.8 Å². The smallest absolute Gasteiger partial charge is 0.355 e. The highest BCUT2D eigenvalue weighted by Gasteiger charge is 2.49. The minimum Gasteiger partial charge on any atom is -0.355 e. The second-order valence-corrected chi connectivity index (χ2v) is 8.89. The molecule has 0 aromatic carbocycles. The predicted octanol–water partition coefficient (Wildman–Crippen LogP) is 2.51. The van der Waals surface area contributed by atoms with E-state index in [2.05, 4.69) is 10.1 Å². The van der Waals surface area contributed by atoms with E-state index in [0.717, 1.165) is 5.56 Å². The summed E-state index contributed by atoms with van der Waals surface area (Å²) in [5, 5.41) is 9.71. The predicted molar refractivity (Wildman–Crippen MR) is 103 cm³/mol. The summed E-state index contributed by atoms with van der Waals surface area (Å²) in [5.41, 5.74) is 1.57. The minimum absolute atomic E-state index is 0.187. The molecule has 1 aliphatic heterocycles. The number of hydrogen-bond acceptors (Lipinski definition) is 5. The normalized spacial score (nSPS) is 18.0. The molecule has 13 heteroatoms. The molecule has 2 aromatic heterocycles. The third-order valence-corrected chi connectivity index (χ3v) is 6.58. The largest absolute Gasteiger partial charge is 0.405 e. The van der Waals surface area contributed by atoms with Crippen molar-refractivity contribution >= 4 is 33.1 Å². The van der Waals surface area contributed by atoms with Crippen molar-refractivity contribution in [1.82, 2.24) is 18.9 Å². The van der Waals surface area contributed by atoms with Gasteiger partial charge < -0.3 is 4.90 Å². The van der Waals surface area contributed by atoms with Gasteiger partial charge in [0.05, 0.1) is 0 Å². The summed E-state index contributed by atoms with van der Waals surface area (Å²) < 4.78 is 66.2. The van der Waals surface area contributed by atoms with Crippen LogP contribution in [0.4, 0.5) is 19.0 Å². The van der Waals surface area contributed by atoms with Gasteiger partial charge in [-0.2, -0.15) is 31.0 Å². The molecule has 1 unspecified atom stereocenters. The van der Waals surface area contributed by atoms with Gasteiger partial charge in [-0.05, 0) is 37.8 Å². The first kappa shape index (κ1) is 22.1. The molecule has 162 valence electrons. The van der Waals surface area contributed by atoms with Crippen LogP contribution in [-0.4, -0.2) is 58.7 Å². The average molecular weight is 455 g/mol. The minimum atomic E-state index is -4.70. The number of anilines is 1. The molecule has 1 atom stereocenters. The number of piperidine rings is 1. The van der Waals surface area contributed by atoms with Crippen molar-refractivity contribution in [1.29, 1.82) is 0 Å². The van der Waals surface area contributed by atoms with Crippen LogP contribution in [0.3, 0.4) is 0 Å². The lowest BCUT2D eigenvalue weighted by atomic mass is 10.0. The Hall–Kier alpha value is -1.63. The SMILES string of the molecule is CCC(N(C1CCN(c2ncnn3c(Cl)cc(C)c23)CC1)S(N)(=O)=O)C(F)(F)F. The number of alkyl halides is 3. The Morgan fingerprint density at radius 2 is 2.00 bits per heavy atom. The Labute approximate surface area is 171 Å². The van der Waals surface area contributed by atoms with Gasteiger partial charge in [-0.15, -0.1) is 0 Å². The van der Waals surface area contributed by atoms with E-state index in [1.54, 1.807) is 10.6 Å². The van der Waals surface area contributed by atoms with Gasteiger partial charge in [0.2, 0.25) is 0 Å². The third kappa shape index (κ3) is 4.30. The van der Waals surface area contributed by atoms with E-state index in [1.165, 1.54) is 13.3 Å². The summed E-state index contributed by atoms with van der Waals surface area (Å²) in [7, 11) is -4.53. The number of aryl methyl sites for hydroxylation is 1. The first-order valence-corrected chi connectivity index (χ1v) is 10.9. The van der Waals surface area contributed by atoms with E-state index < -0.39 is 34.9 Å². The summed E-state index contributed by atoms with van der Waals surface area (Å²) in [5.74, 6) is 0.605. The molecular weight excluding hydrogens is 433 g/mol. The molecule has 29 heavy (non-hydrogen) atoms. The van der Waals surface area contributed by atoms with Gasteiger partial charge in [-0.3, -0.25) is 0 Å². The first-order valence-electron chi connectivity index (χ1n) is 9.07. The van der Waals surface area contributed by atoms with Crippen LogP contribution in [0, 0.1) is 6.92 Å². The second kappa shape index (κ2) is 7.89. The number of hydrogen-bond donors (Lipinski definition) is 1. The van der Waals surface area contributed by atoms with E-state index in [0.29, 0.717) is 33.9 Å². The van der Waals surface area contributed by atoms with Gasteiger partial charge in [0.25, 0.3) is 10.2 Å². The molecule has 0 radical (unpaired) electrons. The van der Waals surface area contributed by atoms with Crippen LogP contribution in [0.25, 0.3) is 5.52 Å². The highest BCUT2D eigenvalue weighted by molar-refractivity contribution is 7.86. The highest BCUT2D eigenvalue weighted by Crippen LogP contribution is 2.34. The van der Waals surface area contributed by atoms with Crippen molar-refractivity contribution < 1.29 is 21.6 Å². The second-order valence-electron chi connectivity index (χ2n) is 7.05. The summed E-state index contributed by atoms with van der Waals surface area (Å²) >= 11 is 6.16. The van der Waals surface area contributed by atoms with Crippen LogP contribution in [0.2, 0.25) is 5.15 Å². The number of fused-ring (bicyclic) bond motifs is 1. The molecule has 2 N–H and O–H groups in total. The van der Waals surface area contributed by atoms with Crippen LogP contribution < -0.4 is 10.0 Å². The molecular formula is C16H22ClF3N6O2S. The number of rotatable bonds is 5. The van der Waals surface area contributed by atoms with Crippen molar-refractivity contribution in [2.45, 2.75) is 51.4 Å². The first-order chi connectivity index (χ1) is 13.4. The van der Waals surface area contributed by atoms with Gasteiger partial charge in [0, 0.05) is 19.1 Å². The van der Waals surface area contributed by atoms with Crippen LogP contribution in [0.15, 0.2) is 12.4 Å². The fourth-order valence-electron chi connectivity index (χ4n) is 3.92. The summed E-state index contributed by atoms with van der Waals surface area (Å²) in [4.78, 5) is 6.21. The summed E-state index contributed by atoms with van der Waals surface area (Å²) in [6.07, 6.45) is -3.38. The fraction of sp³-hybridized carbons (Fsp3) is 0.625. The highest BCUT2D eigenvalue weighted by atomic mass is 35.5. The molecule has 0 amide bonds. The standard InChI is InChI=1S/C16H22ClF3N6O2S/c1-3-12(16(18,19)20)26(29(21,27)28)11-4-6-24(7-5-11)15-14-10(2)8-13(17)25(14)23-9-22-15/h8-9,11-12H,3-7H2,1-2H3,(H2,21,27,28). The maximum Gasteiger partial charge on any atom is 0.405 e. The molecule has 2 aromatic rings. The lowest BCUT2D eigenvalue weighted by Crippen LogP contribution is -2.57. The molecule has 1 saturated heterocycles. The van der Waals surface area contributed by atoms with Gasteiger partial charge in [0.1, 0.15) is 23.0 Å². The zero-order valence-electron chi connectivity index (χ0n) is 15.9. The van der Waals surface area contributed by atoms with E-state index in [4.69, 9.17) is 16.7 Å². The number of aromatic nitrogens is 3. The van der Waals surface area contributed by atoms with Gasteiger partial charge in [-0.1, -0.05) is 18.5 Å². The molecule has 0 saturated carbocycles. The van der Waals surface area contributed by atoms with E-state index in [-0.39, 0.29) is 12.8 Å². The Bertz CT molecular complexity index is 988. The summed E-state index contributed by atoms with van der Waals surface area (Å²) in [6.45, 7) is 3.79. The number of nitrogens with two attached hydrogens (primary N) is 1. The quantitative estimate of drug-likeness (QED) is 0.748. The van der Waals surface area contributed by atoms with E-state index in [9.17, 15) is 21.6 Å². The lowest BCUT2D eigenvalue weighted by molar-refractivity contribution is -0.176. The van der Waals surface area contributed by atoms with Gasteiger partial charge in [-0.25, -0.2) is 14.6 Å². The van der Waals surface area contributed by atoms with Crippen molar-refractivity contribution in [2.24, 2.45) is 5.14 Å². The number of halogens is 4. The van der Waals surface area contributed by atoms with Crippen LogP contribution in [0.1, 0.15) is 31.7 Å². The Morgan fingerprint density at radius 3 is 2.52 bits per heavy atom. The van der Waals surface area contributed by atoms with Crippen LogP contribution in [-0.2, 0) is 10.2 Å². The third-order valence-electron chi connectivity index (χ3n) is 5.17. The van der Waals surface area contributed by atoms with E-state index in [1.807, 2.05) is 11.8 Å². The lowest BCUT2D eigenvalue weighted by Gasteiger charge is -2.41. The zero-order valence-corrected chi connectivity index (χ0v) is 17.5.